The molecule has 20 heavy (non-hydrogen) atoms. The highest BCUT2D eigenvalue weighted by atomic mass is 16.5. The van der Waals surface area contributed by atoms with Crippen LogP contribution in [0.3, 0.4) is 0 Å². The van der Waals surface area contributed by atoms with Crippen LogP contribution in [-0.2, 0) is 4.74 Å². The maximum absolute atomic E-state index is 5.60. The second kappa shape index (κ2) is 9.61. The fourth-order valence-electron chi connectivity index (χ4n) is 2.17. The Bertz CT molecular complexity index is 382. The number of hydrogen-bond donors (Lipinski definition) is 1. The van der Waals surface area contributed by atoms with E-state index in [9.17, 15) is 0 Å². The Morgan fingerprint density at radius 3 is 2.50 bits per heavy atom. The third-order valence-electron chi connectivity index (χ3n) is 3.16. The van der Waals surface area contributed by atoms with Crippen molar-refractivity contribution in [1.29, 1.82) is 0 Å². The summed E-state index contributed by atoms with van der Waals surface area (Å²) in [5.74, 6) is 1.73. The van der Waals surface area contributed by atoms with Crippen molar-refractivity contribution in [3.05, 3.63) is 23.8 Å². The van der Waals surface area contributed by atoms with Crippen LogP contribution in [0.5, 0.6) is 11.5 Å². The van der Waals surface area contributed by atoms with Crippen molar-refractivity contribution in [3.8, 4) is 11.5 Å². The van der Waals surface area contributed by atoms with Gasteiger partial charge in [-0.3, -0.25) is 0 Å². The molecular formula is C16H27NO3. The van der Waals surface area contributed by atoms with Gasteiger partial charge in [0.15, 0.2) is 0 Å². The van der Waals surface area contributed by atoms with Crippen LogP contribution in [0.2, 0.25) is 0 Å². The third-order valence-corrected chi connectivity index (χ3v) is 3.16. The molecule has 1 atom stereocenters. The predicted molar refractivity (Wildman–Crippen MR) is 81.7 cm³/mol. The van der Waals surface area contributed by atoms with Crippen LogP contribution in [0.15, 0.2) is 18.2 Å². The van der Waals surface area contributed by atoms with Gasteiger partial charge in [0.1, 0.15) is 11.5 Å². The largest absolute Gasteiger partial charge is 0.497 e. The standard InChI is InChI=1S/C16H27NO3/c1-5-10-20-11-9-15(17-6-2)14-12-13(18-3)7-8-16(14)19-4/h7-8,12,15,17H,5-6,9-11H2,1-4H3. The molecule has 0 spiro atoms. The summed E-state index contributed by atoms with van der Waals surface area (Å²) in [6.45, 7) is 6.68. The second-order valence-electron chi connectivity index (χ2n) is 4.62. The van der Waals surface area contributed by atoms with Gasteiger partial charge in [-0.1, -0.05) is 13.8 Å². The Hall–Kier alpha value is -1.26. The van der Waals surface area contributed by atoms with Crippen molar-refractivity contribution in [1.82, 2.24) is 5.32 Å². The van der Waals surface area contributed by atoms with Gasteiger partial charge >= 0.3 is 0 Å². The van der Waals surface area contributed by atoms with E-state index >= 15 is 0 Å². The SMILES string of the molecule is CCCOCCC(NCC)c1cc(OC)ccc1OC. The first-order valence-electron chi connectivity index (χ1n) is 7.29. The summed E-state index contributed by atoms with van der Waals surface area (Å²) in [5, 5.41) is 3.49. The molecule has 0 heterocycles. The Morgan fingerprint density at radius 2 is 1.90 bits per heavy atom. The van der Waals surface area contributed by atoms with Gasteiger partial charge in [-0.05, 0) is 37.6 Å². The van der Waals surface area contributed by atoms with Crippen molar-refractivity contribution in [2.45, 2.75) is 32.7 Å². The highest BCUT2D eigenvalue weighted by Crippen LogP contribution is 2.31. The summed E-state index contributed by atoms with van der Waals surface area (Å²) >= 11 is 0. The summed E-state index contributed by atoms with van der Waals surface area (Å²) in [6.07, 6.45) is 1.96. The molecule has 1 unspecified atom stereocenters. The van der Waals surface area contributed by atoms with Crippen LogP contribution in [0.4, 0.5) is 0 Å². The minimum absolute atomic E-state index is 0.210. The molecule has 0 aliphatic rings. The van der Waals surface area contributed by atoms with Gasteiger partial charge < -0.3 is 19.5 Å². The molecule has 4 heteroatoms. The molecular weight excluding hydrogens is 254 g/mol. The lowest BCUT2D eigenvalue weighted by atomic mass is 10.0. The highest BCUT2D eigenvalue weighted by molar-refractivity contribution is 5.42. The minimum Gasteiger partial charge on any atom is -0.497 e. The minimum atomic E-state index is 0.210. The zero-order valence-electron chi connectivity index (χ0n) is 13.1. The first-order chi connectivity index (χ1) is 9.76. The van der Waals surface area contributed by atoms with Crippen LogP contribution in [0, 0.1) is 0 Å². The van der Waals surface area contributed by atoms with Crippen LogP contribution in [0.25, 0.3) is 0 Å². The molecule has 0 saturated heterocycles. The average molecular weight is 281 g/mol. The molecule has 1 aromatic rings. The Labute approximate surface area is 122 Å². The Balaban J connectivity index is 2.82. The van der Waals surface area contributed by atoms with E-state index in [4.69, 9.17) is 14.2 Å². The van der Waals surface area contributed by atoms with Crippen molar-refractivity contribution < 1.29 is 14.2 Å². The van der Waals surface area contributed by atoms with E-state index in [1.165, 1.54) is 0 Å². The predicted octanol–water partition coefficient (Wildman–Crippen LogP) is 3.17. The smallest absolute Gasteiger partial charge is 0.123 e. The fraction of sp³-hybridized carbons (Fsp3) is 0.625. The molecule has 1 N–H and O–H groups in total. The average Bonchev–Trinajstić information content (AvgIpc) is 2.49. The number of rotatable bonds is 10. The summed E-state index contributed by atoms with van der Waals surface area (Å²) in [4.78, 5) is 0. The highest BCUT2D eigenvalue weighted by Gasteiger charge is 2.16. The number of hydrogen-bond acceptors (Lipinski definition) is 4. The van der Waals surface area contributed by atoms with Gasteiger partial charge in [-0.15, -0.1) is 0 Å². The maximum atomic E-state index is 5.60. The fourth-order valence-corrected chi connectivity index (χ4v) is 2.17. The number of methoxy groups -OCH3 is 2. The normalized spacial score (nSPS) is 12.2. The van der Waals surface area contributed by atoms with Crippen molar-refractivity contribution >= 4 is 0 Å². The molecule has 0 aliphatic heterocycles. The number of nitrogens with one attached hydrogen (secondary N) is 1. The first-order valence-corrected chi connectivity index (χ1v) is 7.29. The molecule has 0 aliphatic carbocycles. The van der Waals surface area contributed by atoms with Crippen LogP contribution in [-0.4, -0.2) is 34.0 Å². The molecule has 0 amide bonds. The Morgan fingerprint density at radius 1 is 1.10 bits per heavy atom. The van der Waals surface area contributed by atoms with Gasteiger partial charge in [-0.2, -0.15) is 0 Å². The summed E-state index contributed by atoms with van der Waals surface area (Å²) in [7, 11) is 3.38. The van der Waals surface area contributed by atoms with Gasteiger partial charge in [0.05, 0.1) is 14.2 Å². The van der Waals surface area contributed by atoms with E-state index in [1.54, 1.807) is 14.2 Å². The van der Waals surface area contributed by atoms with Gasteiger partial charge in [-0.25, -0.2) is 0 Å². The van der Waals surface area contributed by atoms with Gasteiger partial charge in [0, 0.05) is 24.8 Å². The maximum Gasteiger partial charge on any atom is 0.123 e. The lowest BCUT2D eigenvalue weighted by molar-refractivity contribution is 0.124. The van der Waals surface area contributed by atoms with Crippen LogP contribution >= 0.6 is 0 Å². The zero-order valence-corrected chi connectivity index (χ0v) is 13.1. The lowest BCUT2D eigenvalue weighted by Gasteiger charge is -2.21. The van der Waals surface area contributed by atoms with Crippen molar-refractivity contribution in [2.24, 2.45) is 0 Å². The van der Waals surface area contributed by atoms with E-state index in [-0.39, 0.29) is 6.04 Å². The molecule has 0 saturated carbocycles. The molecule has 0 bridgehead atoms. The first kappa shape index (κ1) is 16.8. The summed E-state index contributed by atoms with van der Waals surface area (Å²) in [6, 6.07) is 6.11. The van der Waals surface area contributed by atoms with Gasteiger partial charge in [0.25, 0.3) is 0 Å². The van der Waals surface area contributed by atoms with E-state index in [1.807, 2.05) is 18.2 Å². The quantitative estimate of drug-likeness (QED) is 0.669. The third kappa shape index (κ3) is 5.02. The number of benzene rings is 1. The van der Waals surface area contributed by atoms with E-state index in [2.05, 4.69) is 19.2 Å². The molecule has 0 aromatic heterocycles. The van der Waals surface area contributed by atoms with Crippen molar-refractivity contribution in [3.63, 3.8) is 0 Å². The Kier molecular flexibility index (Phi) is 8.07. The van der Waals surface area contributed by atoms with E-state index < -0.39 is 0 Å². The lowest BCUT2D eigenvalue weighted by Crippen LogP contribution is -2.23. The molecule has 1 rings (SSSR count). The number of ether oxygens (including phenoxy) is 3. The molecule has 1 aromatic carbocycles. The van der Waals surface area contributed by atoms with Crippen molar-refractivity contribution in [2.75, 3.05) is 34.0 Å². The molecule has 4 nitrogen and oxygen atoms in total. The molecule has 114 valence electrons. The summed E-state index contributed by atoms with van der Waals surface area (Å²) in [5.41, 5.74) is 1.12. The molecule has 0 fully saturated rings. The van der Waals surface area contributed by atoms with E-state index in [0.717, 1.165) is 49.7 Å². The molecule has 0 radical (unpaired) electrons. The summed E-state index contributed by atoms with van der Waals surface area (Å²) < 4.78 is 16.4. The second-order valence-corrected chi connectivity index (χ2v) is 4.62. The van der Waals surface area contributed by atoms with Crippen LogP contribution < -0.4 is 14.8 Å². The zero-order chi connectivity index (χ0) is 14.8. The monoisotopic (exact) mass is 281 g/mol. The van der Waals surface area contributed by atoms with Gasteiger partial charge in [0.2, 0.25) is 0 Å². The topological polar surface area (TPSA) is 39.7 Å². The van der Waals surface area contributed by atoms with E-state index in [0.29, 0.717) is 0 Å². The van der Waals surface area contributed by atoms with Crippen LogP contribution in [0.1, 0.15) is 38.3 Å².